The molecule has 4 rings (SSSR count). The van der Waals surface area contributed by atoms with Gasteiger partial charge in [-0.25, -0.2) is 4.57 Å². The molecule has 0 bridgehead atoms. The first-order chi connectivity index (χ1) is 12.2. The summed E-state index contributed by atoms with van der Waals surface area (Å²) in [7, 11) is 1.97. The van der Waals surface area contributed by atoms with Crippen LogP contribution < -0.4 is 9.67 Å². The highest BCUT2D eigenvalue weighted by Crippen LogP contribution is 2.36. The molecule has 0 spiro atoms. The molecule has 1 aliphatic carbocycles. The van der Waals surface area contributed by atoms with Gasteiger partial charge >= 0.3 is 0 Å². The van der Waals surface area contributed by atoms with E-state index in [-0.39, 0.29) is 0 Å². The number of aromatic amines is 1. The fourth-order valence-corrected chi connectivity index (χ4v) is 3.39. The number of aliphatic carboxylic acids is 1. The van der Waals surface area contributed by atoms with Crippen molar-refractivity contribution < 1.29 is 24.1 Å². The molecule has 0 radical (unpaired) electrons. The Labute approximate surface area is 149 Å². The Kier molecular flexibility index (Phi) is 4.20. The SMILES string of the molecule is CC(=O)[O-].Cc1c2cc[n+](C)cc2c(C)c2c3c([nH]c12)C=CC(=O)C3=O. The van der Waals surface area contributed by atoms with Gasteiger partial charge in [0.2, 0.25) is 11.6 Å². The normalized spacial score (nSPS) is 12.9. The molecule has 0 unspecified atom stereocenters. The van der Waals surface area contributed by atoms with E-state index in [4.69, 9.17) is 9.90 Å². The van der Waals surface area contributed by atoms with Gasteiger partial charge in [0.15, 0.2) is 12.4 Å². The zero-order chi connectivity index (χ0) is 19.2. The van der Waals surface area contributed by atoms with Gasteiger partial charge in [0.05, 0.1) is 16.8 Å². The quantitative estimate of drug-likeness (QED) is 0.488. The number of aryl methyl sites for hydroxylation is 3. The lowest BCUT2D eigenvalue weighted by Crippen LogP contribution is -2.26. The molecule has 0 aliphatic heterocycles. The van der Waals surface area contributed by atoms with Gasteiger partial charge in [0.1, 0.15) is 7.05 Å². The van der Waals surface area contributed by atoms with Gasteiger partial charge in [-0.2, -0.15) is 0 Å². The Bertz CT molecular complexity index is 1130. The van der Waals surface area contributed by atoms with Crippen molar-refractivity contribution in [2.24, 2.45) is 7.05 Å². The maximum Gasteiger partial charge on any atom is 0.235 e. The van der Waals surface area contributed by atoms with Crippen molar-refractivity contribution in [2.45, 2.75) is 20.8 Å². The molecule has 0 fully saturated rings. The minimum Gasteiger partial charge on any atom is -0.550 e. The van der Waals surface area contributed by atoms with Gasteiger partial charge < -0.3 is 14.9 Å². The van der Waals surface area contributed by atoms with Crippen LogP contribution in [-0.4, -0.2) is 22.5 Å². The molecule has 2 heterocycles. The van der Waals surface area contributed by atoms with Crippen LogP contribution in [0.1, 0.15) is 34.1 Å². The number of hydrogen-bond acceptors (Lipinski definition) is 4. The second-order valence-electron chi connectivity index (χ2n) is 6.37. The Morgan fingerprint density at radius 1 is 1.12 bits per heavy atom. The summed E-state index contributed by atoms with van der Waals surface area (Å²) in [4.78, 5) is 36.3. The van der Waals surface area contributed by atoms with Crippen LogP contribution in [0.2, 0.25) is 0 Å². The van der Waals surface area contributed by atoms with E-state index >= 15 is 0 Å². The van der Waals surface area contributed by atoms with Crippen LogP contribution in [0.15, 0.2) is 24.5 Å². The van der Waals surface area contributed by atoms with E-state index in [1.54, 1.807) is 6.08 Å². The third-order valence-electron chi connectivity index (χ3n) is 4.54. The highest BCUT2D eigenvalue weighted by atomic mass is 16.4. The Morgan fingerprint density at radius 2 is 1.77 bits per heavy atom. The third-order valence-corrected chi connectivity index (χ3v) is 4.54. The van der Waals surface area contributed by atoms with Crippen LogP contribution in [0.5, 0.6) is 0 Å². The lowest BCUT2D eigenvalue weighted by Gasteiger charge is -2.09. The number of carboxylic acids is 1. The average molecular weight is 350 g/mol. The van der Waals surface area contributed by atoms with Crippen molar-refractivity contribution in [1.29, 1.82) is 0 Å². The molecule has 3 aromatic rings. The number of allylic oxidation sites excluding steroid dienone is 1. The van der Waals surface area contributed by atoms with Crippen molar-refractivity contribution in [3.8, 4) is 0 Å². The maximum absolute atomic E-state index is 12.3. The number of Topliss-reactive ketones (excluding diaryl/α,β-unsaturated/α-hetero) is 1. The largest absolute Gasteiger partial charge is 0.550 e. The Balaban J connectivity index is 0.000000447. The minimum atomic E-state index is -1.08. The molecule has 0 atom stereocenters. The zero-order valence-corrected chi connectivity index (χ0v) is 15.0. The lowest BCUT2D eigenvalue weighted by atomic mass is 9.92. The van der Waals surface area contributed by atoms with Crippen LogP contribution in [0.3, 0.4) is 0 Å². The van der Waals surface area contributed by atoms with Crippen molar-refractivity contribution in [1.82, 2.24) is 4.98 Å². The number of fused-ring (bicyclic) bond motifs is 4. The standard InChI is InChI=1S/C18H14N2O2.C2H4O2/c1-9-12-8-20(3)7-6-11(12)10(2)17-15(9)16-13(19-17)4-5-14(21)18(16)22;1-2(3)4/h4-8H,1-3H3;1H3,(H,3,4). The molecule has 6 nitrogen and oxygen atoms in total. The molecule has 0 saturated heterocycles. The first-order valence-electron chi connectivity index (χ1n) is 8.10. The first kappa shape index (κ1) is 17.5. The number of nitrogens with one attached hydrogen (secondary N) is 1. The molecule has 132 valence electrons. The average Bonchev–Trinajstić information content (AvgIpc) is 2.96. The van der Waals surface area contributed by atoms with Crippen molar-refractivity contribution in [3.63, 3.8) is 0 Å². The first-order valence-corrected chi connectivity index (χ1v) is 8.10. The monoisotopic (exact) mass is 350 g/mol. The van der Waals surface area contributed by atoms with Gasteiger partial charge in [-0.1, -0.05) is 0 Å². The topological polar surface area (TPSA) is 93.9 Å². The zero-order valence-electron chi connectivity index (χ0n) is 15.0. The molecular formula is C20H18N2O4. The van der Waals surface area contributed by atoms with Gasteiger partial charge in [0, 0.05) is 22.8 Å². The second-order valence-corrected chi connectivity index (χ2v) is 6.37. The number of benzene rings is 1. The number of carbonyl (C=O) groups excluding carboxylic acids is 3. The van der Waals surface area contributed by atoms with E-state index in [0.717, 1.165) is 45.4 Å². The molecule has 6 heteroatoms. The van der Waals surface area contributed by atoms with Gasteiger partial charge in [0.25, 0.3) is 0 Å². The maximum atomic E-state index is 12.3. The molecule has 26 heavy (non-hydrogen) atoms. The number of pyridine rings is 1. The van der Waals surface area contributed by atoms with Crippen molar-refractivity contribution in [3.05, 3.63) is 46.9 Å². The number of carbonyl (C=O) groups is 3. The van der Waals surface area contributed by atoms with Crippen LogP contribution in [-0.2, 0) is 16.6 Å². The lowest BCUT2D eigenvalue weighted by molar-refractivity contribution is -0.670. The van der Waals surface area contributed by atoms with Gasteiger partial charge in [-0.3, -0.25) is 9.59 Å². The van der Waals surface area contributed by atoms with E-state index in [1.807, 2.05) is 31.7 Å². The fourth-order valence-electron chi connectivity index (χ4n) is 3.39. The summed E-state index contributed by atoms with van der Waals surface area (Å²) in [6.07, 6.45) is 7.10. The summed E-state index contributed by atoms with van der Waals surface area (Å²) in [6, 6.07) is 2.08. The highest BCUT2D eigenvalue weighted by molar-refractivity contribution is 6.52. The fraction of sp³-hybridized carbons (Fsp3) is 0.200. The second kappa shape index (κ2) is 6.22. The third kappa shape index (κ3) is 2.69. The number of carboxylic acid groups (broad SMARTS) is 1. The summed E-state index contributed by atoms with van der Waals surface area (Å²) in [6.45, 7) is 5.02. The number of nitrogens with zero attached hydrogens (tertiary/aromatic N) is 1. The van der Waals surface area contributed by atoms with E-state index < -0.39 is 17.5 Å². The molecule has 0 saturated carbocycles. The van der Waals surface area contributed by atoms with Gasteiger partial charge in [-0.15, -0.1) is 0 Å². The van der Waals surface area contributed by atoms with Crippen LogP contribution in [0, 0.1) is 13.8 Å². The highest BCUT2D eigenvalue weighted by Gasteiger charge is 2.28. The van der Waals surface area contributed by atoms with Gasteiger partial charge in [-0.05, 0) is 49.4 Å². The summed E-state index contributed by atoms with van der Waals surface area (Å²) >= 11 is 0. The number of rotatable bonds is 0. The molecule has 1 N–H and O–H groups in total. The Morgan fingerprint density at radius 3 is 2.42 bits per heavy atom. The predicted molar refractivity (Wildman–Crippen MR) is 95.5 cm³/mol. The molecule has 1 aromatic carbocycles. The summed E-state index contributed by atoms with van der Waals surface area (Å²) < 4.78 is 1.99. The molecule has 0 amide bonds. The van der Waals surface area contributed by atoms with Crippen LogP contribution >= 0.6 is 0 Å². The molecular weight excluding hydrogens is 332 g/mol. The minimum absolute atomic E-state index is 0.425. The molecule has 1 aliphatic rings. The van der Waals surface area contributed by atoms with Crippen molar-refractivity contribution >= 4 is 45.3 Å². The van der Waals surface area contributed by atoms with Crippen LogP contribution in [0.4, 0.5) is 0 Å². The predicted octanol–water partition coefficient (Wildman–Crippen LogP) is 1.30. The molecule has 2 aromatic heterocycles. The van der Waals surface area contributed by atoms with E-state index in [1.165, 1.54) is 6.08 Å². The van der Waals surface area contributed by atoms with E-state index in [2.05, 4.69) is 17.2 Å². The van der Waals surface area contributed by atoms with E-state index in [0.29, 0.717) is 5.56 Å². The summed E-state index contributed by atoms with van der Waals surface area (Å²) in [5, 5.41) is 12.0. The number of hydrogen-bond donors (Lipinski definition) is 1. The smallest absolute Gasteiger partial charge is 0.235 e. The number of H-pyrrole nitrogens is 1. The summed E-state index contributed by atoms with van der Waals surface area (Å²) in [5.74, 6) is -1.96. The number of aromatic nitrogens is 2. The number of ketones is 2. The van der Waals surface area contributed by atoms with Crippen molar-refractivity contribution in [2.75, 3.05) is 0 Å². The van der Waals surface area contributed by atoms with E-state index in [9.17, 15) is 9.59 Å². The van der Waals surface area contributed by atoms with Crippen LogP contribution in [0.25, 0.3) is 27.8 Å². The Hall–Kier alpha value is -3.28. The summed E-state index contributed by atoms with van der Waals surface area (Å²) in [5.41, 5.74) is 4.30.